The third kappa shape index (κ3) is 8.11. The van der Waals surface area contributed by atoms with Crippen molar-refractivity contribution in [3.8, 4) is 0 Å². The number of hydrogen-bond acceptors (Lipinski definition) is 3. The first-order chi connectivity index (χ1) is 4.95. The Kier molecular flexibility index (Phi) is 5.06. The van der Waals surface area contributed by atoms with Gasteiger partial charge in [0.05, 0.1) is 6.54 Å². The molecule has 0 aromatic rings. The van der Waals surface area contributed by atoms with Crippen molar-refractivity contribution >= 4 is 25.5 Å². The van der Waals surface area contributed by atoms with E-state index in [0.717, 1.165) is 0 Å². The lowest BCUT2D eigenvalue weighted by Crippen LogP contribution is -2.23. The summed E-state index contributed by atoms with van der Waals surface area (Å²) in [4.78, 5) is 10.9. The topological polar surface area (TPSA) is 38.3 Å². The zero-order valence-electron chi connectivity index (χ0n) is 7.22. The standard InChI is InChI=1S/C6H16NO2PS/c1-11(2,3)9-6(8)4-7-5-10/h7H,4-5,10H2,1-3H3. The van der Waals surface area contributed by atoms with Gasteiger partial charge in [-0.05, 0) is 18.8 Å². The minimum absolute atomic E-state index is 0.171. The molecular weight excluding hydrogens is 181 g/mol. The van der Waals surface area contributed by atoms with Gasteiger partial charge in [0.1, 0.15) is 0 Å². The summed E-state index contributed by atoms with van der Waals surface area (Å²) in [5.41, 5.74) is 0. The number of carbonyl (C=O) groups is 1. The SMILES string of the molecule is CS(C)(C)OC(=O)CNCP. The number of rotatable bonds is 4. The fraction of sp³-hybridized carbons (Fsp3) is 0.833. The average Bonchev–Trinajstić information content (AvgIpc) is 1.79. The van der Waals surface area contributed by atoms with Crippen LogP contribution in [-0.4, -0.2) is 37.6 Å². The Morgan fingerprint density at radius 3 is 2.45 bits per heavy atom. The first-order valence-electron chi connectivity index (χ1n) is 3.27. The van der Waals surface area contributed by atoms with E-state index in [2.05, 4.69) is 14.6 Å². The van der Waals surface area contributed by atoms with Crippen molar-refractivity contribution in [2.24, 2.45) is 0 Å². The van der Waals surface area contributed by atoms with Crippen molar-refractivity contribution in [3.05, 3.63) is 0 Å². The van der Waals surface area contributed by atoms with E-state index in [1.165, 1.54) is 0 Å². The van der Waals surface area contributed by atoms with Gasteiger partial charge in [-0.15, -0.1) is 9.24 Å². The molecule has 68 valence electrons. The molecule has 0 aromatic carbocycles. The van der Waals surface area contributed by atoms with Crippen molar-refractivity contribution in [3.63, 3.8) is 0 Å². The van der Waals surface area contributed by atoms with Crippen molar-refractivity contribution in [2.45, 2.75) is 0 Å². The minimum atomic E-state index is -1.15. The molecule has 1 unspecified atom stereocenters. The normalized spacial score (nSPS) is 12.7. The molecule has 0 bridgehead atoms. The molecule has 3 nitrogen and oxygen atoms in total. The molecule has 0 saturated heterocycles. The highest BCUT2D eigenvalue weighted by Crippen LogP contribution is 2.35. The molecule has 0 aromatic heterocycles. The maximum Gasteiger partial charge on any atom is 0.330 e. The van der Waals surface area contributed by atoms with E-state index in [9.17, 15) is 4.79 Å². The van der Waals surface area contributed by atoms with Crippen LogP contribution in [0.3, 0.4) is 0 Å². The minimum Gasteiger partial charge on any atom is -0.415 e. The molecule has 1 atom stereocenters. The van der Waals surface area contributed by atoms with Gasteiger partial charge in [0.15, 0.2) is 0 Å². The van der Waals surface area contributed by atoms with Gasteiger partial charge in [0.25, 0.3) is 0 Å². The second kappa shape index (κ2) is 4.96. The summed E-state index contributed by atoms with van der Waals surface area (Å²) in [6, 6.07) is 0. The van der Waals surface area contributed by atoms with Crippen molar-refractivity contribution < 1.29 is 8.98 Å². The third-order valence-electron chi connectivity index (χ3n) is 0.757. The molecule has 11 heavy (non-hydrogen) atoms. The van der Waals surface area contributed by atoms with Crippen LogP contribution in [0.15, 0.2) is 0 Å². The molecule has 5 heteroatoms. The first-order valence-corrected chi connectivity index (χ1v) is 6.87. The van der Waals surface area contributed by atoms with E-state index in [1.54, 1.807) is 0 Å². The number of carbonyl (C=O) groups excluding carboxylic acids is 1. The van der Waals surface area contributed by atoms with Crippen LogP contribution in [0.25, 0.3) is 0 Å². The van der Waals surface area contributed by atoms with Gasteiger partial charge < -0.3 is 9.50 Å². The molecule has 0 spiro atoms. The zero-order chi connectivity index (χ0) is 8.91. The lowest BCUT2D eigenvalue weighted by Gasteiger charge is -2.24. The Hall–Kier alpha value is 0.210. The smallest absolute Gasteiger partial charge is 0.330 e. The maximum absolute atomic E-state index is 10.9. The molecule has 0 rings (SSSR count). The highest BCUT2D eigenvalue weighted by molar-refractivity contribution is 8.28. The number of nitrogens with one attached hydrogen (secondary N) is 1. The van der Waals surface area contributed by atoms with Crippen LogP contribution in [0.1, 0.15) is 0 Å². The Morgan fingerprint density at radius 2 is 2.09 bits per heavy atom. The van der Waals surface area contributed by atoms with E-state index in [0.29, 0.717) is 12.8 Å². The van der Waals surface area contributed by atoms with Crippen molar-refractivity contribution in [1.82, 2.24) is 5.32 Å². The predicted molar refractivity (Wildman–Crippen MR) is 54.0 cm³/mol. The van der Waals surface area contributed by atoms with E-state index in [4.69, 9.17) is 4.18 Å². The Balaban J connectivity index is 3.53. The van der Waals surface area contributed by atoms with E-state index >= 15 is 0 Å². The fourth-order valence-electron chi connectivity index (χ4n) is 0.483. The van der Waals surface area contributed by atoms with Crippen LogP contribution in [0, 0.1) is 0 Å². The van der Waals surface area contributed by atoms with Crippen LogP contribution in [0.4, 0.5) is 0 Å². The summed E-state index contributed by atoms with van der Waals surface area (Å²) < 4.78 is 5.11. The molecule has 0 radical (unpaired) electrons. The van der Waals surface area contributed by atoms with E-state index < -0.39 is 10.3 Å². The quantitative estimate of drug-likeness (QED) is 0.669. The van der Waals surface area contributed by atoms with Gasteiger partial charge in [-0.3, -0.25) is 0 Å². The van der Waals surface area contributed by atoms with Crippen LogP contribution in [-0.2, 0) is 8.98 Å². The lowest BCUT2D eigenvalue weighted by molar-refractivity contribution is -0.132. The van der Waals surface area contributed by atoms with E-state index in [1.807, 2.05) is 18.8 Å². The van der Waals surface area contributed by atoms with E-state index in [-0.39, 0.29) is 5.97 Å². The maximum atomic E-state index is 10.9. The molecule has 0 aliphatic heterocycles. The Morgan fingerprint density at radius 1 is 1.55 bits per heavy atom. The molecule has 0 saturated carbocycles. The lowest BCUT2D eigenvalue weighted by atomic mass is 10.7. The summed E-state index contributed by atoms with van der Waals surface area (Å²) in [6.45, 7) is 0.299. The summed E-state index contributed by atoms with van der Waals surface area (Å²) in [5.74, 6) is -0.171. The largest absolute Gasteiger partial charge is 0.415 e. The molecular formula is C6H16NO2PS. The zero-order valence-corrected chi connectivity index (χ0v) is 9.19. The Bertz CT molecular complexity index is 135. The van der Waals surface area contributed by atoms with Gasteiger partial charge in [0, 0.05) is 6.29 Å². The first kappa shape index (κ1) is 11.2. The molecule has 0 fully saturated rings. The highest BCUT2D eigenvalue weighted by atomic mass is 32.3. The summed E-state index contributed by atoms with van der Waals surface area (Å²) >= 11 is 0. The third-order valence-corrected chi connectivity index (χ3v) is 1.73. The van der Waals surface area contributed by atoms with Crippen molar-refractivity contribution in [1.29, 1.82) is 0 Å². The summed E-state index contributed by atoms with van der Waals surface area (Å²) in [7, 11) is 1.33. The molecule has 0 aliphatic rings. The summed E-state index contributed by atoms with van der Waals surface area (Å²) in [5, 5.41) is 2.87. The molecule has 0 amide bonds. The second-order valence-electron chi connectivity index (χ2n) is 2.81. The second-order valence-corrected chi connectivity index (χ2v) is 6.84. The number of hydrogen-bond donors (Lipinski definition) is 1. The highest BCUT2D eigenvalue weighted by Gasteiger charge is 2.10. The van der Waals surface area contributed by atoms with Crippen LogP contribution in [0.5, 0.6) is 0 Å². The Labute approximate surface area is 72.0 Å². The van der Waals surface area contributed by atoms with Crippen molar-refractivity contribution in [2.75, 3.05) is 31.6 Å². The van der Waals surface area contributed by atoms with Gasteiger partial charge in [-0.2, -0.15) is 0 Å². The van der Waals surface area contributed by atoms with Gasteiger partial charge >= 0.3 is 5.97 Å². The predicted octanol–water partition coefficient (Wildman–Crippen LogP) is 0.561. The average molecular weight is 197 g/mol. The van der Waals surface area contributed by atoms with Gasteiger partial charge in [0.2, 0.25) is 0 Å². The van der Waals surface area contributed by atoms with Crippen LogP contribution < -0.4 is 5.32 Å². The van der Waals surface area contributed by atoms with Crippen LogP contribution >= 0.6 is 19.5 Å². The van der Waals surface area contributed by atoms with Gasteiger partial charge in [-0.25, -0.2) is 4.79 Å². The monoisotopic (exact) mass is 197 g/mol. The molecule has 0 heterocycles. The van der Waals surface area contributed by atoms with Gasteiger partial charge in [-0.1, -0.05) is 10.3 Å². The summed E-state index contributed by atoms with van der Waals surface area (Å²) in [6.07, 6.45) is 6.53. The molecule has 0 aliphatic carbocycles. The molecule has 1 N–H and O–H groups in total. The fourth-order valence-corrected chi connectivity index (χ4v) is 1.24. The van der Waals surface area contributed by atoms with Crippen LogP contribution in [0.2, 0.25) is 0 Å².